The van der Waals surface area contributed by atoms with Gasteiger partial charge in [0.05, 0.1) is 15.2 Å². The average molecular weight is 374 g/mol. The summed E-state index contributed by atoms with van der Waals surface area (Å²) in [6, 6.07) is 5.43. The number of halogens is 1. The highest BCUT2D eigenvalue weighted by Crippen LogP contribution is 2.31. The summed E-state index contributed by atoms with van der Waals surface area (Å²) in [4.78, 5) is 27.5. The highest BCUT2D eigenvalue weighted by Gasteiger charge is 2.27. The fraction of sp³-hybridized carbons (Fsp3) is 0.294. The molecule has 1 N–H and O–H groups in total. The van der Waals surface area contributed by atoms with E-state index in [1.54, 1.807) is 29.8 Å². The number of carbonyl (C=O) groups is 1. The largest absolute Gasteiger partial charge is 0.355 e. The second kappa shape index (κ2) is 6.93. The number of rotatable bonds is 3. The lowest BCUT2D eigenvalue weighted by Gasteiger charge is -2.32. The van der Waals surface area contributed by atoms with E-state index >= 15 is 0 Å². The van der Waals surface area contributed by atoms with Crippen molar-refractivity contribution in [2.24, 2.45) is 5.92 Å². The topological polar surface area (TPSA) is 71.0 Å². The molecule has 128 valence electrons. The van der Waals surface area contributed by atoms with E-state index < -0.39 is 0 Å². The predicted molar refractivity (Wildman–Crippen MR) is 100 cm³/mol. The lowest BCUT2D eigenvalue weighted by molar-refractivity contribution is -0.120. The Balaban J connectivity index is 1.40. The number of anilines is 2. The number of hydrogen-bond donors (Lipinski definition) is 1. The Hall–Kier alpha value is -2.25. The molecule has 0 bridgehead atoms. The number of fused-ring (bicyclic) bond motifs is 1. The Bertz CT molecular complexity index is 889. The van der Waals surface area contributed by atoms with E-state index in [-0.39, 0.29) is 11.8 Å². The van der Waals surface area contributed by atoms with Gasteiger partial charge < -0.3 is 10.2 Å². The fourth-order valence-corrected chi connectivity index (χ4v) is 4.01. The van der Waals surface area contributed by atoms with E-state index in [9.17, 15) is 4.79 Å². The van der Waals surface area contributed by atoms with E-state index in [4.69, 9.17) is 11.6 Å². The Labute approximate surface area is 153 Å². The van der Waals surface area contributed by atoms with Gasteiger partial charge in [-0.05, 0) is 36.4 Å². The molecule has 0 atom stereocenters. The molecule has 0 aliphatic carbocycles. The van der Waals surface area contributed by atoms with Gasteiger partial charge in [-0.15, -0.1) is 11.3 Å². The molecule has 6 nitrogen and oxygen atoms in total. The van der Waals surface area contributed by atoms with E-state index in [2.05, 4.69) is 25.2 Å². The van der Waals surface area contributed by atoms with Crippen molar-refractivity contribution in [3.8, 4) is 0 Å². The maximum Gasteiger partial charge on any atom is 0.228 e. The lowest BCUT2D eigenvalue weighted by Crippen LogP contribution is -2.38. The normalized spacial score (nSPS) is 15.5. The summed E-state index contributed by atoms with van der Waals surface area (Å²) in [5, 5.41) is 5.45. The summed E-state index contributed by atoms with van der Waals surface area (Å²) in [7, 11) is 0. The first-order chi connectivity index (χ1) is 12.2. The molecule has 1 aliphatic rings. The number of carbonyl (C=O) groups excluding carboxylic acids is 1. The molecule has 1 amide bonds. The molecule has 1 fully saturated rings. The van der Waals surface area contributed by atoms with E-state index in [0.29, 0.717) is 10.8 Å². The molecule has 0 radical (unpaired) electrons. The zero-order valence-corrected chi connectivity index (χ0v) is 14.9. The Kier molecular flexibility index (Phi) is 4.50. The van der Waals surface area contributed by atoms with Gasteiger partial charge in [-0.2, -0.15) is 0 Å². The average Bonchev–Trinajstić information content (AvgIpc) is 3.12. The minimum Gasteiger partial charge on any atom is -0.355 e. The van der Waals surface area contributed by atoms with Crippen LogP contribution in [0.3, 0.4) is 0 Å². The number of hydrogen-bond acceptors (Lipinski definition) is 6. The zero-order chi connectivity index (χ0) is 17.2. The maximum absolute atomic E-state index is 12.4. The first-order valence-electron chi connectivity index (χ1n) is 8.06. The van der Waals surface area contributed by atoms with Gasteiger partial charge in [0.2, 0.25) is 5.91 Å². The van der Waals surface area contributed by atoms with Crippen molar-refractivity contribution in [3.05, 3.63) is 41.1 Å². The van der Waals surface area contributed by atoms with Crippen LogP contribution in [0, 0.1) is 5.92 Å². The minimum atomic E-state index is -0.0191. The monoisotopic (exact) mass is 373 g/mol. The van der Waals surface area contributed by atoms with Crippen molar-refractivity contribution >= 4 is 50.7 Å². The van der Waals surface area contributed by atoms with Crippen LogP contribution >= 0.6 is 22.9 Å². The summed E-state index contributed by atoms with van der Waals surface area (Å²) in [6.45, 7) is 1.60. The van der Waals surface area contributed by atoms with Crippen molar-refractivity contribution in [2.45, 2.75) is 12.8 Å². The molecule has 3 aromatic heterocycles. The summed E-state index contributed by atoms with van der Waals surface area (Å²) in [6.07, 6.45) is 4.71. The molecule has 4 heterocycles. The van der Waals surface area contributed by atoms with Gasteiger partial charge in [-0.3, -0.25) is 4.79 Å². The quantitative estimate of drug-likeness (QED) is 0.759. The van der Waals surface area contributed by atoms with Crippen LogP contribution in [0.5, 0.6) is 0 Å². The van der Waals surface area contributed by atoms with Gasteiger partial charge in [0.25, 0.3) is 0 Å². The second-order valence-corrected chi connectivity index (χ2v) is 7.30. The van der Waals surface area contributed by atoms with Gasteiger partial charge >= 0.3 is 0 Å². The Morgan fingerprint density at radius 2 is 2.04 bits per heavy atom. The Morgan fingerprint density at radius 1 is 1.20 bits per heavy atom. The van der Waals surface area contributed by atoms with Crippen molar-refractivity contribution in [1.29, 1.82) is 0 Å². The first kappa shape index (κ1) is 16.2. The number of piperidine rings is 1. The summed E-state index contributed by atoms with van der Waals surface area (Å²) >= 11 is 7.47. The van der Waals surface area contributed by atoms with E-state index in [0.717, 1.165) is 42.0 Å². The number of aromatic nitrogens is 3. The highest BCUT2D eigenvalue weighted by molar-refractivity contribution is 7.17. The molecular weight excluding hydrogens is 358 g/mol. The van der Waals surface area contributed by atoms with Gasteiger partial charge in [0.15, 0.2) is 0 Å². The molecule has 0 aromatic carbocycles. The van der Waals surface area contributed by atoms with Crippen LogP contribution in [-0.2, 0) is 4.79 Å². The number of pyridine rings is 1. The second-order valence-electron chi connectivity index (χ2n) is 5.94. The van der Waals surface area contributed by atoms with Crippen molar-refractivity contribution in [1.82, 2.24) is 15.0 Å². The molecule has 4 rings (SSSR count). The third kappa shape index (κ3) is 3.43. The third-order valence-corrected chi connectivity index (χ3v) is 5.49. The van der Waals surface area contributed by atoms with Gasteiger partial charge in [-0.1, -0.05) is 11.6 Å². The number of nitrogens with zero attached hydrogens (tertiary/aromatic N) is 4. The summed E-state index contributed by atoms with van der Waals surface area (Å²) < 4.78 is 1.11. The van der Waals surface area contributed by atoms with E-state index in [1.807, 2.05) is 11.4 Å². The van der Waals surface area contributed by atoms with Crippen molar-refractivity contribution < 1.29 is 4.79 Å². The van der Waals surface area contributed by atoms with Crippen LogP contribution < -0.4 is 10.2 Å². The maximum atomic E-state index is 12.4. The predicted octanol–water partition coefficient (Wildman–Crippen LogP) is 3.59. The number of amides is 1. The SMILES string of the molecule is O=C(Nc1ccc(Cl)cn1)C1CCN(c2ncnc3ccsc23)CC1. The zero-order valence-electron chi connectivity index (χ0n) is 13.4. The summed E-state index contributed by atoms with van der Waals surface area (Å²) in [5.41, 5.74) is 0.976. The molecule has 0 unspecified atom stereocenters. The smallest absolute Gasteiger partial charge is 0.228 e. The van der Waals surface area contributed by atoms with Crippen LogP contribution in [0.4, 0.5) is 11.6 Å². The van der Waals surface area contributed by atoms with Gasteiger partial charge in [0, 0.05) is 25.2 Å². The first-order valence-corrected chi connectivity index (χ1v) is 9.32. The molecule has 0 spiro atoms. The van der Waals surface area contributed by atoms with Crippen molar-refractivity contribution in [3.63, 3.8) is 0 Å². The van der Waals surface area contributed by atoms with Crippen molar-refractivity contribution in [2.75, 3.05) is 23.3 Å². The Morgan fingerprint density at radius 3 is 2.80 bits per heavy atom. The standard InChI is InChI=1S/C17H16ClN5OS/c18-12-1-2-14(19-9-12)22-17(24)11-3-6-23(7-4-11)16-15-13(5-8-25-15)20-10-21-16/h1-2,5,8-11H,3-4,6-7H2,(H,19,22,24). The molecule has 0 saturated carbocycles. The number of nitrogens with one attached hydrogen (secondary N) is 1. The summed E-state index contributed by atoms with van der Waals surface area (Å²) in [5.74, 6) is 1.50. The molecule has 25 heavy (non-hydrogen) atoms. The molecule has 1 saturated heterocycles. The highest BCUT2D eigenvalue weighted by atomic mass is 35.5. The van der Waals surface area contributed by atoms with Crippen LogP contribution in [0.25, 0.3) is 10.2 Å². The lowest BCUT2D eigenvalue weighted by atomic mass is 9.96. The third-order valence-electron chi connectivity index (χ3n) is 4.37. The van der Waals surface area contributed by atoms with Gasteiger partial charge in [0.1, 0.15) is 18.0 Å². The minimum absolute atomic E-state index is 0.0124. The fourth-order valence-electron chi connectivity index (χ4n) is 3.03. The van der Waals surface area contributed by atoms with Gasteiger partial charge in [-0.25, -0.2) is 15.0 Å². The van der Waals surface area contributed by atoms with Crippen LogP contribution in [0.1, 0.15) is 12.8 Å². The van der Waals surface area contributed by atoms with Crippen LogP contribution in [0.15, 0.2) is 36.1 Å². The molecular formula is C17H16ClN5OS. The molecule has 8 heteroatoms. The van der Waals surface area contributed by atoms with E-state index in [1.165, 1.54) is 6.20 Å². The number of thiophene rings is 1. The molecule has 3 aromatic rings. The molecule has 1 aliphatic heterocycles. The van der Waals surface area contributed by atoms with Crippen LogP contribution in [-0.4, -0.2) is 33.9 Å². The van der Waals surface area contributed by atoms with Crippen LogP contribution in [0.2, 0.25) is 5.02 Å².